The lowest BCUT2D eigenvalue weighted by atomic mass is 9.96. The van der Waals surface area contributed by atoms with Crippen LogP contribution in [0.4, 0.5) is 4.39 Å². The van der Waals surface area contributed by atoms with Crippen molar-refractivity contribution in [3.8, 4) is 0 Å². The molecule has 3 aromatic rings. The highest BCUT2D eigenvalue weighted by Gasteiger charge is 2.26. The lowest BCUT2D eigenvalue weighted by molar-refractivity contribution is -0.126. The summed E-state index contributed by atoms with van der Waals surface area (Å²) >= 11 is 6.21. The Kier molecular flexibility index (Phi) is 8.00. The average molecular weight is 506 g/mol. The lowest BCUT2D eigenvalue weighted by Crippen LogP contribution is -2.42. The second-order valence-corrected chi connectivity index (χ2v) is 10.4. The number of hydrogen-bond donors (Lipinski definition) is 1. The van der Waals surface area contributed by atoms with Crippen LogP contribution < -0.4 is 5.32 Å². The van der Waals surface area contributed by atoms with Crippen LogP contribution in [0.25, 0.3) is 0 Å². The second-order valence-electron chi connectivity index (χ2n) is 10.0. The molecule has 0 aromatic heterocycles. The molecule has 0 spiro atoms. The number of fused-ring (bicyclic) bond motifs is 1. The van der Waals surface area contributed by atoms with Crippen molar-refractivity contribution < 1.29 is 9.18 Å². The van der Waals surface area contributed by atoms with Gasteiger partial charge in [0.1, 0.15) is 5.82 Å². The van der Waals surface area contributed by atoms with E-state index in [9.17, 15) is 9.18 Å². The number of halogens is 2. The molecule has 0 bridgehead atoms. The van der Waals surface area contributed by atoms with E-state index in [0.29, 0.717) is 30.2 Å². The molecular formula is C30H33ClFN3O. The fraction of sp³-hybridized carbons (Fsp3) is 0.367. The van der Waals surface area contributed by atoms with Crippen LogP contribution in [0.15, 0.2) is 66.7 Å². The molecule has 0 radical (unpaired) electrons. The number of benzene rings is 3. The third-order valence-corrected chi connectivity index (χ3v) is 7.75. The van der Waals surface area contributed by atoms with Gasteiger partial charge in [-0.05, 0) is 60.2 Å². The van der Waals surface area contributed by atoms with Crippen LogP contribution in [0.5, 0.6) is 0 Å². The van der Waals surface area contributed by atoms with E-state index in [1.165, 1.54) is 22.8 Å². The SMILES string of the molecule is O=C(NCc1cccc(CN2CCc3ccccc3C2)c1)C1CCCN(Cc2c(F)cccc2Cl)C1. The van der Waals surface area contributed by atoms with Gasteiger partial charge in [0.2, 0.25) is 5.91 Å². The molecule has 2 aliphatic rings. The lowest BCUT2D eigenvalue weighted by Gasteiger charge is -2.32. The first-order chi connectivity index (χ1) is 17.5. The van der Waals surface area contributed by atoms with Crippen molar-refractivity contribution in [2.75, 3.05) is 19.6 Å². The Hall–Kier alpha value is -2.73. The smallest absolute Gasteiger partial charge is 0.224 e. The van der Waals surface area contributed by atoms with Crippen molar-refractivity contribution in [3.05, 3.63) is 105 Å². The number of carbonyl (C=O) groups is 1. The molecule has 5 rings (SSSR count). The number of piperidine rings is 1. The Balaban J connectivity index is 1.13. The van der Waals surface area contributed by atoms with Gasteiger partial charge in [0, 0.05) is 49.9 Å². The molecule has 6 heteroatoms. The Labute approximate surface area is 218 Å². The second kappa shape index (κ2) is 11.5. The van der Waals surface area contributed by atoms with Crippen molar-refractivity contribution in [1.82, 2.24) is 15.1 Å². The van der Waals surface area contributed by atoms with E-state index in [1.807, 2.05) is 0 Å². The fourth-order valence-corrected chi connectivity index (χ4v) is 5.66. The predicted octanol–water partition coefficient (Wildman–Crippen LogP) is 5.57. The van der Waals surface area contributed by atoms with Crippen LogP contribution in [0.3, 0.4) is 0 Å². The molecule has 1 atom stereocenters. The minimum Gasteiger partial charge on any atom is -0.352 e. The maximum atomic E-state index is 14.2. The Bertz CT molecular complexity index is 1200. The summed E-state index contributed by atoms with van der Waals surface area (Å²) in [7, 11) is 0. The Morgan fingerprint density at radius 2 is 1.75 bits per heavy atom. The van der Waals surface area contributed by atoms with Gasteiger partial charge in [-0.1, -0.05) is 66.2 Å². The van der Waals surface area contributed by atoms with Gasteiger partial charge in [-0.2, -0.15) is 0 Å². The maximum absolute atomic E-state index is 14.2. The van der Waals surface area contributed by atoms with E-state index in [0.717, 1.165) is 51.0 Å². The molecule has 0 saturated carbocycles. The first kappa shape index (κ1) is 24.9. The number of carbonyl (C=O) groups excluding carboxylic acids is 1. The molecule has 1 saturated heterocycles. The largest absolute Gasteiger partial charge is 0.352 e. The molecule has 4 nitrogen and oxygen atoms in total. The van der Waals surface area contributed by atoms with E-state index >= 15 is 0 Å². The first-order valence-corrected chi connectivity index (χ1v) is 13.2. The number of amides is 1. The van der Waals surface area contributed by atoms with Crippen molar-refractivity contribution >= 4 is 17.5 Å². The minimum atomic E-state index is -0.289. The third kappa shape index (κ3) is 6.15. The molecule has 2 heterocycles. The maximum Gasteiger partial charge on any atom is 0.224 e. The highest BCUT2D eigenvalue weighted by atomic mass is 35.5. The molecule has 0 aliphatic carbocycles. The topological polar surface area (TPSA) is 35.6 Å². The summed E-state index contributed by atoms with van der Waals surface area (Å²) in [6.45, 7) is 5.36. The molecule has 1 N–H and O–H groups in total. The van der Waals surface area contributed by atoms with Crippen LogP contribution in [0, 0.1) is 11.7 Å². The van der Waals surface area contributed by atoms with E-state index in [2.05, 4.69) is 63.6 Å². The number of likely N-dealkylation sites (tertiary alicyclic amines) is 1. The zero-order chi connectivity index (χ0) is 24.9. The summed E-state index contributed by atoms with van der Waals surface area (Å²) in [5.41, 5.74) is 5.78. The van der Waals surface area contributed by atoms with E-state index in [4.69, 9.17) is 11.6 Å². The van der Waals surface area contributed by atoms with Crippen LogP contribution >= 0.6 is 11.6 Å². The number of nitrogens with zero attached hydrogens (tertiary/aromatic N) is 2. The van der Waals surface area contributed by atoms with Gasteiger partial charge in [-0.15, -0.1) is 0 Å². The van der Waals surface area contributed by atoms with Crippen LogP contribution in [-0.4, -0.2) is 35.3 Å². The summed E-state index contributed by atoms with van der Waals surface area (Å²) in [5.74, 6) is -0.319. The van der Waals surface area contributed by atoms with Crippen LogP contribution in [0.1, 0.15) is 40.7 Å². The molecular weight excluding hydrogens is 473 g/mol. The van der Waals surface area contributed by atoms with E-state index in [1.54, 1.807) is 12.1 Å². The van der Waals surface area contributed by atoms with Gasteiger partial charge in [0.15, 0.2) is 0 Å². The van der Waals surface area contributed by atoms with Crippen LogP contribution in [0.2, 0.25) is 5.02 Å². The van der Waals surface area contributed by atoms with Gasteiger partial charge in [-0.25, -0.2) is 4.39 Å². The van der Waals surface area contributed by atoms with E-state index in [-0.39, 0.29) is 17.6 Å². The first-order valence-electron chi connectivity index (χ1n) is 12.8. The van der Waals surface area contributed by atoms with Gasteiger partial charge in [0.25, 0.3) is 0 Å². The number of nitrogens with one attached hydrogen (secondary N) is 1. The predicted molar refractivity (Wildman–Crippen MR) is 142 cm³/mol. The van der Waals surface area contributed by atoms with Crippen molar-refractivity contribution in [1.29, 1.82) is 0 Å². The Morgan fingerprint density at radius 3 is 2.61 bits per heavy atom. The van der Waals surface area contributed by atoms with Gasteiger partial charge >= 0.3 is 0 Å². The number of hydrogen-bond acceptors (Lipinski definition) is 3. The fourth-order valence-electron chi connectivity index (χ4n) is 5.44. The normalized spacial score (nSPS) is 18.6. The molecule has 188 valence electrons. The van der Waals surface area contributed by atoms with Gasteiger partial charge in [0.05, 0.1) is 5.92 Å². The zero-order valence-electron chi connectivity index (χ0n) is 20.6. The van der Waals surface area contributed by atoms with Crippen molar-refractivity contribution in [2.24, 2.45) is 5.92 Å². The summed E-state index contributed by atoms with van der Waals surface area (Å²) < 4.78 is 14.2. The van der Waals surface area contributed by atoms with Crippen molar-refractivity contribution in [3.63, 3.8) is 0 Å². The molecule has 2 aliphatic heterocycles. The zero-order valence-corrected chi connectivity index (χ0v) is 21.3. The summed E-state index contributed by atoms with van der Waals surface area (Å²) in [6, 6.07) is 22.0. The third-order valence-electron chi connectivity index (χ3n) is 7.39. The summed E-state index contributed by atoms with van der Waals surface area (Å²) in [4.78, 5) is 17.6. The summed E-state index contributed by atoms with van der Waals surface area (Å²) in [6.07, 6.45) is 2.86. The molecule has 3 aromatic carbocycles. The van der Waals surface area contributed by atoms with Crippen molar-refractivity contribution in [2.45, 2.75) is 45.4 Å². The van der Waals surface area contributed by atoms with E-state index < -0.39 is 0 Å². The minimum absolute atomic E-state index is 0.0670. The average Bonchev–Trinajstić information content (AvgIpc) is 2.90. The highest BCUT2D eigenvalue weighted by molar-refractivity contribution is 6.31. The molecule has 1 unspecified atom stereocenters. The Morgan fingerprint density at radius 1 is 0.944 bits per heavy atom. The van der Waals surface area contributed by atoms with Gasteiger partial charge < -0.3 is 5.32 Å². The number of rotatable bonds is 7. The molecule has 1 amide bonds. The monoisotopic (exact) mass is 505 g/mol. The quantitative estimate of drug-likeness (QED) is 0.456. The summed E-state index contributed by atoms with van der Waals surface area (Å²) in [5, 5.41) is 3.58. The molecule has 36 heavy (non-hydrogen) atoms. The van der Waals surface area contributed by atoms with Crippen LogP contribution in [-0.2, 0) is 37.4 Å². The van der Waals surface area contributed by atoms with Gasteiger partial charge in [-0.3, -0.25) is 14.6 Å². The standard InChI is InChI=1S/C30H33ClFN3O/c31-28-11-4-12-29(32)27(28)21-34-14-5-10-26(20-34)30(36)33-17-22-6-3-7-23(16-22)18-35-15-13-24-8-1-2-9-25(24)19-35/h1-4,6-9,11-12,16,26H,5,10,13-15,17-21H2,(H,33,36). The highest BCUT2D eigenvalue weighted by Crippen LogP contribution is 2.25. The molecule has 1 fully saturated rings.